The first kappa shape index (κ1) is 9.48. The van der Waals surface area contributed by atoms with E-state index in [2.05, 4.69) is 4.74 Å². The third-order valence-electron chi connectivity index (χ3n) is 2.23. The van der Waals surface area contributed by atoms with Crippen molar-refractivity contribution in [3.63, 3.8) is 0 Å². The average Bonchev–Trinajstić information content (AvgIpc) is 2.17. The van der Waals surface area contributed by atoms with Crippen molar-refractivity contribution in [1.82, 2.24) is 4.90 Å². The molecule has 1 saturated heterocycles. The van der Waals surface area contributed by atoms with Gasteiger partial charge in [0, 0.05) is 13.1 Å². The van der Waals surface area contributed by atoms with Crippen LogP contribution in [0.15, 0.2) is 0 Å². The molecule has 2 N–H and O–H groups in total. The molecule has 0 aromatic carbocycles. The molecule has 4 heteroatoms. The van der Waals surface area contributed by atoms with Gasteiger partial charge in [-0.3, -0.25) is 4.90 Å². The molecule has 0 spiro atoms. The summed E-state index contributed by atoms with van der Waals surface area (Å²) in [7, 11) is 1.37. The number of nitrogens with two attached hydrogens (primary N) is 1. The van der Waals surface area contributed by atoms with Gasteiger partial charge >= 0.3 is 5.97 Å². The molecule has 12 heavy (non-hydrogen) atoms. The van der Waals surface area contributed by atoms with Crippen LogP contribution in [0.5, 0.6) is 0 Å². The van der Waals surface area contributed by atoms with Gasteiger partial charge in [-0.2, -0.15) is 0 Å². The summed E-state index contributed by atoms with van der Waals surface area (Å²) < 4.78 is 4.56. The fourth-order valence-electron chi connectivity index (χ4n) is 1.47. The lowest BCUT2D eigenvalue weighted by Crippen LogP contribution is -2.50. The highest BCUT2D eigenvalue weighted by Crippen LogP contribution is 2.10. The Bertz CT molecular complexity index is 155. The van der Waals surface area contributed by atoms with Crippen LogP contribution in [0.1, 0.15) is 19.3 Å². The van der Waals surface area contributed by atoms with Crippen LogP contribution in [-0.2, 0) is 9.53 Å². The van der Waals surface area contributed by atoms with Gasteiger partial charge < -0.3 is 10.5 Å². The van der Waals surface area contributed by atoms with Crippen molar-refractivity contribution in [2.24, 2.45) is 5.73 Å². The molecular weight excluding hydrogens is 156 g/mol. The summed E-state index contributed by atoms with van der Waals surface area (Å²) in [4.78, 5) is 13.0. The van der Waals surface area contributed by atoms with Gasteiger partial charge in [0.2, 0.25) is 0 Å². The van der Waals surface area contributed by atoms with E-state index in [1.165, 1.54) is 13.5 Å². The minimum Gasteiger partial charge on any atom is -0.467 e. The molecule has 1 atom stereocenters. The van der Waals surface area contributed by atoms with E-state index >= 15 is 0 Å². The Labute approximate surface area is 72.7 Å². The normalized spacial score (nSPS) is 21.8. The zero-order chi connectivity index (χ0) is 8.97. The topological polar surface area (TPSA) is 55.6 Å². The fourth-order valence-corrected chi connectivity index (χ4v) is 1.47. The van der Waals surface area contributed by atoms with E-state index in [0.717, 1.165) is 25.9 Å². The SMILES string of the molecule is COC(=O)[C@H](N)N1CCCCC1. The summed E-state index contributed by atoms with van der Waals surface area (Å²) in [6.07, 6.45) is 2.94. The highest BCUT2D eigenvalue weighted by molar-refractivity contribution is 5.74. The monoisotopic (exact) mass is 172 g/mol. The van der Waals surface area contributed by atoms with Crippen molar-refractivity contribution in [2.75, 3.05) is 20.2 Å². The van der Waals surface area contributed by atoms with Gasteiger partial charge in [-0.15, -0.1) is 0 Å². The maximum absolute atomic E-state index is 11.0. The summed E-state index contributed by atoms with van der Waals surface area (Å²) in [6.45, 7) is 1.83. The molecule has 1 heterocycles. The number of hydrogen-bond donors (Lipinski definition) is 1. The minimum absolute atomic E-state index is 0.336. The number of hydrogen-bond acceptors (Lipinski definition) is 4. The van der Waals surface area contributed by atoms with E-state index in [1.807, 2.05) is 4.90 Å². The van der Waals surface area contributed by atoms with E-state index in [1.54, 1.807) is 0 Å². The molecule has 0 aromatic heterocycles. The predicted octanol–water partition coefficient (Wildman–Crippen LogP) is -0.0699. The van der Waals surface area contributed by atoms with Crippen LogP contribution >= 0.6 is 0 Å². The van der Waals surface area contributed by atoms with Gasteiger partial charge in [0.05, 0.1) is 7.11 Å². The number of carbonyl (C=O) groups is 1. The van der Waals surface area contributed by atoms with Crippen LogP contribution in [0.2, 0.25) is 0 Å². The largest absolute Gasteiger partial charge is 0.467 e. The first-order valence-corrected chi connectivity index (χ1v) is 4.33. The number of likely N-dealkylation sites (tertiary alicyclic amines) is 1. The number of methoxy groups -OCH3 is 1. The predicted molar refractivity (Wildman–Crippen MR) is 45.4 cm³/mol. The molecule has 0 unspecified atom stereocenters. The van der Waals surface area contributed by atoms with Crippen molar-refractivity contribution < 1.29 is 9.53 Å². The highest BCUT2D eigenvalue weighted by atomic mass is 16.5. The van der Waals surface area contributed by atoms with Gasteiger partial charge in [0.15, 0.2) is 6.17 Å². The van der Waals surface area contributed by atoms with Gasteiger partial charge in [-0.05, 0) is 12.8 Å². The number of esters is 1. The molecule has 1 fully saturated rings. The maximum atomic E-state index is 11.0. The molecule has 0 aliphatic carbocycles. The molecule has 0 saturated carbocycles. The molecule has 1 rings (SSSR count). The van der Waals surface area contributed by atoms with E-state index in [0.29, 0.717) is 0 Å². The Morgan fingerprint density at radius 1 is 1.42 bits per heavy atom. The number of ether oxygens (including phenoxy) is 1. The Morgan fingerprint density at radius 3 is 2.50 bits per heavy atom. The molecule has 70 valence electrons. The van der Waals surface area contributed by atoms with E-state index in [9.17, 15) is 4.79 Å². The van der Waals surface area contributed by atoms with Crippen LogP contribution in [0.25, 0.3) is 0 Å². The molecular formula is C8H16N2O2. The standard InChI is InChI=1S/C8H16N2O2/c1-12-8(11)7(9)10-5-3-2-4-6-10/h7H,2-6,9H2,1H3/t7-/m1/s1. The van der Waals surface area contributed by atoms with E-state index < -0.39 is 6.17 Å². The third-order valence-corrected chi connectivity index (χ3v) is 2.23. The van der Waals surface area contributed by atoms with Crippen LogP contribution < -0.4 is 5.73 Å². The Kier molecular flexibility index (Phi) is 3.49. The summed E-state index contributed by atoms with van der Waals surface area (Å²) in [5.41, 5.74) is 5.65. The number of nitrogens with zero attached hydrogens (tertiary/aromatic N) is 1. The smallest absolute Gasteiger partial charge is 0.337 e. The van der Waals surface area contributed by atoms with Crippen molar-refractivity contribution in [1.29, 1.82) is 0 Å². The summed E-state index contributed by atoms with van der Waals surface area (Å²) in [5, 5.41) is 0. The lowest BCUT2D eigenvalue weighted by atomic mass is 10.1. The minimum atomic E-state index is -0.560. The zero-order valence-electron chi connectivity index (χ0n) is 7.45. The van der Waals surface area contributed by atoms with Crippen LogP contribution in [0.4, 0.5) is 0 Å². The van der Waals surface area contributed by atoms with Crippen molar-refractivity contribution >= 4 is 5.97 Å². The zero-order valence-corrected chi connectivity index (χ0v) is 7.45. The molecule has 0 radical (unpaired) electrons. The Hall–Kier alpha value is -0.610. The van der Waals surface area contributed by atoms with Crippen molar-refractivity contribution in [3.8, 4) is 0 Å². The Morgan fingerprint density at radius 2 is 2.00 bits per heavy atom. The quantitative estimate of drug-likeness (QED) is 0.592. The Balaban J connectivity index is 2.39. The second kappa shape index (κ2) is 4.42. The van der Waals surface area contributed by atoms with Crippen molar-refractivity contribution in [3.05, 3.63) is 0 Å². The van der Waals surface area contributed by atoms with Crippen molar-refractivity contribution in [2.45, 2.75) is 25.4 Å². The highest BCUT2D eigenvalue weighted by Gasteiger charge is 2.23. The number of piperidine rings is 1. The first-order valence-electron chi connectivity index (χ1n) is 4.33. The van der Waals surface area contributed by atoms with Crippen LogP contribution in [0.3, 0.4) is 0 Å². The van der Waals surface area contributed by atoms with Gasteiger partial charge in [0.1, 0.15) is 0 Å². The van der Waals surface area contributed by atoms with Crippen LogP contribution in [-0.4, -0.2) is 37.2 Å². The number of carbonyl (C=O) groups excluding carboxylic acids is 1. The first-order chi connectivity index (χ1) is 5.75. The molecule has 0 bridgehead atoms. The lowest BCUT2D eigenvalue weighted by Gasteiger charge is -2.29. The molecule has 0 aromatic rings. The second-order valence-electron chi connectivity index (χ2n) is 3.06. The average molecular weight is 172 g/mol. The molecule has 4 nitrogen and oxygen atoms in total. The molecule has 0 amide bonds. The molecule has 1 aliphatic heterocycles. The van der Waals surface area contributed by atoms with Gasteiger partial charge in [-0.25, -0.2) is 4.79 Å². The summed E-state index contributed by atoms with van der Waals surface area (Å²) in [5.74, 6) is -0.336. The summed E-state index contributed by atoms with van der Waals surface area (Å²) in [6, 6.07) is 0. The fraction of sp³-hybridized carbons (Fsp3) is 0.875. The van der Waals surface area contributed by atoms with E-state index in [-0.39, 0.29) is 5.97 Å². The van der Waals surface area contributed by atoms with Crippen LogP contribution in [0, 0.1) is 0 Å². The third kappa shape index (κ3) is 2.19. The second-order valence-corrected chi connectivity index (χ2v) is 3.06. The number of rotatable bonds is 2. The van der Waals surface area contributed by atoms with Gasteiger partial charge in [-0.1, -0.05) is 6.42 Å². The van der Waals surface area contributed by atoms with Gasteiger partial charge in [0.25, 0.3) is 0 Å². The maximum Gasteiger partial charge on any atom is 0.337 e. The summed E-state index contributed by atoms with van der Waals surface area (Å²) >= 11 is 0. The van der Waals surface area contributed by atoms with E-state index in [4.69, 9.17) is 5.73 Å². The molecule has 1 aliphatic rings. The lowest BCUT2D eigenvalue weighted by molar-refractivity contribution is -0.147.